The normalized spacial score (nSPS) is 19.7. The number of aliphatic hydroxyl groups is 1. The van der Waals surface area contributed by atoms with Gasteiger partial charge in [-0.1, -0.05) is 0 Å². The Morgan fingerprint density at radius 1 is 1.48 bits per heavy atom. The van der Waals surface area contributed by atoms with E-state index in [-0.39, 0.29) is 18.8 Å². The zero-order valence-corrected chi connectivity index (χ0v) is 11.5. The molecule has 2 atom stereocenters. The Balaban J connectivity index is 2.10. The van der Waals surface area contributed by atoms with Crippen molar-refractivity contribution in [3.05, 3.63) is 29.8 Å². The van der Waals surface area contributed by atoms with Crippen LogP contribution in [-0.2, 0) is 9.59 Å². The van der Waals surface area contributed by atoms with E-state index in [0.29, 0.717) is 6.42 Å². The standard InChI is InChI=1S/C14H16F2N2O3/c1-8(7-19)17-13(20)10-4-5-18(14(10)21)9-2-3-11(15)12(16)6-9/h2-3,6,8,10,19H,4-5,7H2,1H3,(H,17,20). The average molecular weight is 298 g/mol. The number of aliphatic hydroxyl groups excluding tert-OH is 1. The molecule has 21 heavy (non-hydrogen) atoms. The minimum Gasteiger partial charge on any atom is -0.394 e. The smallest absolute Gasteiger partial charge is 0.239 e. The summed E-state index contributed by atoms with van der Waals surface area (Å²) in [4.78, 5) is 25.4. The van der Waals surface area contributed by atoms with Crippen LogP contribution in [-0.4, -0.2) is 36.1 Å². The molecule has 2 N–H and O–H groups in total. The second kappa shape index (κ2) is 6.17. The van der Waals surface area contributed by atoms with Crippen LogP contribution in [0, 0.1) is 17.6 Å². The topological polar surface area (TPSA) is 69.6 Å². The largest absolute Gasteiger partial charge is 0.394 e. The molecule has 1 aliphatic heterocycles. The van der Waals surface area contributed by atoms with Crippen molar-refractivity contribution in [2.24, 2.45) is 5.92 Å². The molecular weight excluding hydrogens is 282 g/mol. The summed E-state index contributed by atoms with van der Waals surface area (Å²) in [7, 11) is 0. The van der Waals surface area contributed by atoms with E-state index in [1.807, 2.05) is 0 Å². The predicted octanol–water partition coefficient (Wildman–Crippen LogP) is 0.815. The summed E-state index contributed by atoms with van der Waals surface area (Å²) in [5, 5.41) is 11.4. The zero-order chi connectivity index (χ0) is 15.6. The molecule has 1 aromatic carbocycles. The van der Waals surface area contributed by atoms with Gasteiger partial charge in [0.05, 0.1) is 6.61 Å². The Kier molecular flexibility index (Phi) is 4.52. The number of anilines is 1. The van der Waals surface area contributed by atoms with E-state index in [1.54, 1.807) is 6.92 Å². The van der Waals surface area contributed by atoms with Gasteiger partial charge in [-0.25, -0.2) is 8.78 Å². The van der Waals surface area contributed by atoms with Crippen molar-refractivity contribution in [3.8, 4) is 0 Å². The molecule has 2 amide bonds. The first kappa shape index (κ1) is 15.4. The number of nitrogens with zero attached hydrogens (tertiary/aromatic N) is 1. The molecule has 1 aliphatic rings. The van der Waals surface area contributed by atoms with Crippen molar-refractivity contribution in [1.29, 1.82) is 0 Å². The molecule has 0 saturated carbocycles. The molecule has 1 heterocycles. The van der Waals surface area contributed by atoms with Crippen LogP contribution in [0.2, 0.25) is 0 Å². The highest BCUT2D eigenvalue weighted by Gasteiger charge is 2.38. The van der Waals surface area contributed by atoms with Crippen LogP contribution < -0.4 is 10.2 Å². The van der Waals surface area contributed by atoms with Crippen molar-refractivity contribution >= 4 is 17.5 Å². The number of amides is 2. The van der Waals surface area contributed by atoms with Crippen LogP contribution in [0.25, 0.3) is 0 Å². The molecule has 5 nitrogen and oxygen atoms in total. The number of carbonyl (C=O) groups excluding carboxylic acids is 2. The first-order valence-corrected chi connectivity index (χ1v) is 6.61. The first-order chi connectivity index (χ1) is 9.93. The van der Waals surface area contributed by atoms with Gasteiger partial charge < -0.3 is 15.3 Å². The van der Waals surface area contributed by atoms with E-state index in [0.717, 1.165) is 12.1 Å². The summed E-state index contributed by atoms with van der Waals surface area (Å²) in [5.74, 6) is -3.82. The molecule has 0 aromatic heterocycles. The fourth-order valence-electron chi connectivity index (χ4n) is 2.22. The fourth-order valence-corrected chi connectivity index (χ4v) is 2.22. The second-order valence-electron chi connectivity index (χ2n) is 5.02. The Labute approximate surface area is 120 Å². The number of hydrogen-bond acceptors (Lipinski definition) is 3. The molecule has 1 saturated heterocycles. The number of carbonyl (C=O) groups is 2. The van der Waals surface area contributed by atoms with Crippen LogP contribution >= 0.6 is 0 Å². The van der Waals surface area contributed by atoms with Gasteiger partial charge in [-0.3, -0.25) is 9.59 Å². The van der Waals surface area contributed by atoms with Crippen molar-refractivity contribution < 1.29 is 23.5 Å². The Morgan fingerprint density at radius 3 is 2.81 bits per heavy atom. The van der Waals surface area contributed by atoms with Gasteiger partial charge in [-0.15, -0.1) is 0 Å². The van der Waals surface area contributed by atoms with Gasteiger partial charge in [0.1, 0.15) is 5.92 Å². The quantitative estimate of drug-likeness (QED) is 0.808. The lowest BCUT2D eigenvalue weighted by Crippen LogP contribution is -2.42. The summed E-state index contributed by atoms with van der Waals surface area (Å²) in [6.07, 6.45) is 0.293. The summed E-state index contributed by atoms with van der Waals surface area (Å²) < 4.78 is 26.1. The number of hydrogen-bond donors (Lipinski definition) is 2. The minimum absolute atomic E-state index is 0.223. The SMILES string of the molecule is CC(CO)NC(=O)C1CCN(c2ccc(F)c(F)c2)C1=O. The molecule has 0 bridgehead atoms. The minimum atomic E-state index is -1.04. The van der Waals surface area contributed by atoms with Crippen molar-refractivity contribution in [2.45, 2.75) is 19.4 Å². The lowest BCUT2D eigenvalue weighted by molar-refractivity contribution is -0.132. The van der Waals surface area contributed by atoms with Crippen LogP contribution in [0.3, 0.4) is 0 Å². The number of benzene rings is 1. The van der Waals surface area contributed by atoms with E-state index >= 15 is 0 Å². The van der Waals surface area contributed by atoms with Gasteiger partial charge in [0, 0.05) is 24.3 Å². The van der Waals surface area contributed by atoms with Crippen LogP contribution in [0.5, 0.6) is 0 Å². The van der Waals surface area contributed by atoms with Gasteiger partial charge in [0.25, 0.3) is 0 Å². The van der Waals surface area contributed by atoms with Gasteiger partial charge in [0.2, 0.25) is 11.8 Å². The molecule has 7 heteroatoms. The highest BCUT2D eigenvalue weighted by atomic mass is 19.2. The lowest BCUT2D eigenvalue weighted by atomic mass is 10.1. The molecule has 2 unspecified atom stereocenters. The third kappa shape index (κ3) is 3.18. The van der Waals surface area contributed by atoms with Crippen LogP contribution in [0.15, 0.2) is 18.2 Å². The lowest BCUT2D eigenvalue weighted by Gasteiger charge is -2.18. The number of nitrogens with one attached hydrogen (secondary N) is 1. The third-order valence-electron chi connectivity index (χ3n) is 3.40. The Hall–Kier alpha value is -2.02. The fraction of sp³-hybridized carbons (Fsp3) is 0.429. The molecule has 0 aliphatic carbocycles. The summed E-state index contributed by atoms with van der Waals surface area (Å²) in [6.45, 7) is 1.65. The molecule has 2 rings (SSSR count). The average Bonchev–Trinajstić information content (AvgIpc) is 2.83. The Bertz CT molecular complexity index is 565. The van der Waals surface area contributed by atoms with E-state index in [4.69, 9.17) is 5.11 Å². The van der Waals surface area contributed by atoms with Gasteiger partial charge >= 0.3 is 0 Å². The summed E-state index contributed by atoms with van der Waals surface area (Å²) in [5.41, 5.74) is 0.226. The second-order valence-corrected chi connectivity index (χ2v) is 5.02. The van der Waals surface area contributed by atoms with E-state index < -0.39 is 35.4 Å². The van der Waals surface area contributed by atoms with Crippen molar-refractivity contribution in [1.82, 2.24) is 5.32 Å². The maximum absolute atomic E-state index is 13.2. The van der Waals surface area contributed by atoms with Crippen LogP contribution in [0.1, 0.15) is 13.3 Å². The molecule has 1 aromatic rings. The summed E-state index contributed by atoms with van der Waals surface area (Å²) >= 11 is 0. The van der Waals surface area contributed by atoms with Gasteiger partial charge in [-0.2, -0.15) is 0 Å². The number of rotatable bonds is 4. The monoisotopic (exact) mass is 298 g/mol. The van der Waals surface area contributed by atoms with Crippen LogP contribution in [0.4, 0.5) is 14.5 Å². The van der Waals surface area contributed by atoms with E-state index in [9.17, 15) is 18.4 Å². The van der Waals surface area contributed by atoms with Crippen molar-refractivity contribution in [2.75, 3.05) is 18.1 Å². The van der Waals surface area contributed by atoms with E-state index in [2.05, 4.69) is 5.32 Å². The highest BCUT2D eigenvalue weighted by molar-refractivity contribution is 6.09. The van der Waals surface area contributed by atoms with Crippen molar-refractivity contribution in [3.63, 3.8) is 0 Å². The Morgan fingerprint density at radius 2 is 2.19 bits per heavy atom. The van der Waals surface area contributed by atoms with E-state index in [1.165, 1.54) is 11.0 Å². The maximum Gasteiger partial charge on any atom is 0.239 e. The predicted molar refractivity (Wildman–Crippen MR) is 71.5 cm³/mol. The molecule has 114 valence electrons. The van der Waals surface area contributed by atoms with Gasteiger partial charge in [0.15, 0.2) is 11.6 Å². The molecular formula is C14H16F2N2O3. The van der Waals surface area contributed by atoms with Gasteiger partial charge in [-0.05, 0) is 25.5 Å². The third-order valence-corrected chi connectivity index (χ3v) is 3.40. The maximum atomic E-state index is 13.2. The first-order valence-electron chi connectivity index (χ1n) is 6.61. The molecule has 1 fully saturated rings. The molecule has 0 radical (unpaired) electrons. The number of halogens is 2. The highest BCUT2D eigenvalue weighted by Crippen LogP contribution is 2.26. The zero-order valence-electron chi connectivity index (χ0n) is 11.5. The molecule has 0 spiro atoms. The summed E-state index contributed by atoms with van der Waals surface area (Å²) in [6, 6.07) is 2.73.